The lowest BCUT2D eigenvalue weighted by molar-refractivity contribution is 0.171. The first-order chi connectivity index (χ1) is 9.86. The molecule has 1 unspecified atom stereocenters. The van der Waals surface area contributed by atoms with Gasteiger partial charge >= 0.3 is 0 Å². The van der Waals surface area contributed by atoms with Crippen LogP contribution in [-0.4, -0.2) is 25.2 Å². The van der Waals surface area contributed by atoms with E-state index in [0.717, 1.165) is 17.9 Å². The second-order valence-electron chi connectivity index (χ2n) is 4.81. The summed E-state index contributed by atoms with van der Waals surface area (Å²) in [5.41, 5.74) is 2.40. The molecule has 4 nitrogen and oxygen atoms in total. The van der Waals surface area contributed by atoms with Crippen LogP contribution in [0.2, 0.25) is 0 Å². The number of pyridine rings is 1. The molecule has 0 aliphatic carbocycles. The minimum atomic E-state index is 0.232. The molecule has 0 bridgehead atoms. The van der Waals surface area contributed by atoms with Crippen LogP contribution in [0.25, 0.3) is 0 Å². The monoisotopic (exact) mass is 270 g/mol. The summed E-state index contributed by atoms with van der Waals surface area (Å²) in [6.07, 6.45) is 4.59. The zero-order valence-electron chi connectivity index (χ0n) is 11.5. The molecule has 0 spiro atoms. The molecule has 104 valence electrons. The third-order valence-corrected chi connectivity index (χ3v) is 3.48. The van der Waals surface area contributed by atoms with Crippen molar-refractivity contribution in [2.24, 2.45) is 0 Å². The van der Waals surface area contributed by atoms with Crippen LogP contribution in [0.3, 0.4) is 0 Å². The Bertz CT molecular complexity index is 572. The van der Waals surface area contributed by atoms with Gasteiger partial charge in [0.15, 0.2) is 11.5 Å². The molecule has 0 saturated carbocycles. The number of rotatable bonds is 4. The minimum Gasteiger partial charge on any atom is -0.486 e. The van der Waals surface area contributed by atoms with Crippen molar-refractivity contribution in [3.8, 4) is 11.5 Å². The van der Waals surface area contributed by atoms with Gasteiger partial charge in [0, 0.05) is 18.4 Å². The third kappa shape index (κ3) is 2.75. The minimum absolute atomic E-state index is 0.232. The SMILES string of the molecule is CNC(Cc1cccnc1)c1ccc2c(c1)OCCO2. The van der Waals surface area contributed by atoms with Crippen molar-refractivity contribution >= 4 is 0 Å². The van der Waals surface area contributed by atoms with Crippen molar-refractivity contribution in [1.29, 1.82) is 0 Å². The number of benzene rings is 1. The number of likely N-dealkylation sites (N-methyl/N-ethyl adjacent to an activating group) is 1. The van der Waals surface area contributed by atoms with Gasteiger partial charge in [-0.1, -0.05) is 12.1 Å². The van der Waals surface area contributed by atoms with Crippen molar-refractivity contribution in [2.45, 2.75) is 12.5 Å². The fourth-order valence-corrected chi connectivity index (χ4v) is 2.42. The van der Waals surface area contributed by atoms with E-state index in [1.54, 1.807) is 6.20 Å². The van der Waals surface area contributed by atoms with Crippen molar-refractivity contribution in [2.75, 3.05) is 20.3 Å². The van der Waals surface area contributed by atoms with Crippen LogP contribution in [-0.2, 0) is 6.42 Å². The predicted molar refractivity (Wildman–Crippen MR) is 77.2 cm³/mol. The van der Waals surface area contributed by atoms with E-state index in [9.17, 15) is 0 Å². The van der Waals surface area contributed by atoms with Crippen LogP contribution in [0.1, 0.15) is 17.2 Å². The Morgan fingerprint density at radius 3 is 2.80 bits per heavy atom. The van der Waals surface area contributed by atoms with Gasteiger partial charge in [0.1, 0.15) is 13.2 Å². The van der Waals surface area contributed by atoms with Gasteiger partial charge in [-0.3, -0.25) is 4.98 Å². The summed E-state index contributed by atoms with van der Waals surface area (Å²) in [6.45, 7) is 1.24. The highest BCUT2D eigenvalue weighted by Gasteiger charge is 2.16. The topological polar surface area (TPSA) is 43.4 Å². The molecule has 0 fully saturated rings. The predicted octanol–water partition coefficient (Wildman–Crippen LogP) is 2.36. The van der Waals surface area contributed by atoms with Crippen LogP contribution >= 0.6 is 0 Å². The maximum Gasteiger partial charge on any atom is 0.161 e. The molecule has 1 aromatic carbocycles. The molecule has 1 N–H and O–H groups in total. The van der Waals surface area contributed by atoms with Crippen molar-refractivity contribution < 1.29 is 9.47 Å². The fourth-order valence-electron chi connectivity index (χ4n) is 2.42. The summed E-state index contributed by atoms with van der Waals surface area (Å²) in [4.78, 5) is 4.16. The summed E-state index contributed by atoms with van der Waals surface area (Å²) in [5.74, 6) is 1.66. The highest BCUT2D eigenvalue weighted by molar-refractivity contribution is 5.45. The molecule has 1 aliphatic rings. The smallest absolute Gasteiger partial charge is 0.161 e. The molecule has 2 aromatic rings. The molecular formula is C16H18N2O2. The fraction of sp³-hybridized carbons (Fsp3) is 0.312. The first-order valence-corrected chi connectivity index (χ1v) is 6.82. The zero-order valence-corrected chi connectivity index (χ0v) is 11.5. The Balaban J connectivity index is 1.82. The lowest BCUT2D eigenvalue weighted by atomic mass is 9.99. The van der Waals surface area contributed by atoms with Crippen LogP contribution in [0.15, 0.2) is 42.7 Å². The molecule has 1 aromatic heterocycles. The van der Waals surface area contributed by atoms with E-state index in [1.807, 2.05) is 25.4 Å². The van der Waals surface area contributed by atoms with Gasteiger partial charge < -0.3 is 14.8 Å². The van der Waals surface area contributed by atoms with Crippen LogP contribution in [0.5, 0.6) is 11.5 Å². The number of ether oxygens (including phenoxy) is 2. The molecule has 1 aliphatic heterocycles. The van der Waals surface area contributed by atoms with Crippen molar-refractivity contribution in [3.05, 3.63) is 53.9 Å². The van der Waals surface area contributed by atoms with Gasteiger partial charge in [-0.05, 0) is 42.8 Å². The number of hydrogen-bond donors (Lipinski definition) is 1. The summed E-state index contributed by atoms with van der Waals surface area (Å²) in [5, 5.41) is 3.35. The van der Waals surface area contributed by atoms with E-state index in [-0.39, 0.29) is 6.04 Å². The lowest BCUT2D eigenvalue weighted by Crippen LogP contribution is -2.20. The van der Waals surface area contributed by atoms with Crippen LogP contribution in [0.4, 0.5) is 0 Å². The second kappa shape index (κ2) is 5.92. The first kappa shape index (κ1) is 12.9. The molecule has 20 heavy (non-hydrogen) atoms. The molecule has 0 radical (unpaired) electrons. The molecule has 3 rings (SSSR count). The number of aromatic nitrogens is 1. The molecule has 0 amide bonds. The Morgan fingerprint density at radius 2 is 2.05 bits per heavy atom. The quantitative estimate of drug-likeness (QED) is 0.926. The van der Waals surface area contributed by atoms with E-state index in [4.69, 9.17) is 9.47 Å². The molecule has 0 saturated heterocycles. The van der Waals surface area contributed by atoms with Gasteiger partial charge in [-0.2, -0.15) is 0 Å². The molecule has 1 atom stereocenters. The van der Waals surface area contributed by atoms with E-state index < -0.39 is 0 Å². The van der Waals surface area contributed by atoms with Gasteiger partial charge in [-0.15, -0.1) is 0 Å². The second-order valence-corrected chi connectivity index (χ2v) is 4.81. The number of nitrogens with one attached hydrogen (secondary N) is 1. The highest BCUT2D eigenvalue weighted by Crippen LogP contribution is 2.33. The Labute approximate surface area is 118 Å². The summed E-state index contributed by atoms with van der Waals surface area (Å²) in [6, 6.07) is 10.4. The van der Waals surface area contributed by atoms with E-state index >= 15 is 0 Å². The maximum absolute atomic E-state index is 5.64. The number of nitrogens with zero attached hydrogens (tertiary/aromatic N) is 1. The Morgan fingerprint density at radius 1 is 1.20 bits per heavy atom. The largest absolute Gasteiger partial charge is 0.486 e. The first-order valence-electron chi connectivity index (χ1n) is 6.82. The van der Waals surface area contributed by atoms with E-state index in [2.05, 4.69) is 28.5 Å². The highest BCUT2D eigenvalue weighted by atomic mass is 16.6. The van der Waals surface area contributed by atoms with Crippen LogP contribution < -0.4 is 14.8 Å². The normalized spacial score (nSPS) is 14.8. The lowest BCUT2D eigenvalue weighted by Gasteiger charge is -2.22. The maximum atomic E-state index is 5.64. The van der Waals surface area contributed by atoms with Gasteiger partial charge in [0.25, 0.3) is 0 Å². The third-order valence-electron chi connectivity index (χ3n) is 3.48. The van der Waals surface area contributed by atoms with E-state index in [0.29, 0.717) is 13.2 Å². The standard InChI is InChI=1S/C16H18N2O2/c1-17-14(9-12-3-2-6-18-11-12)13-4-5-15-16(10-13)20-8-7-19-15/h2-6,10-11,14,17H,7-9H2,1H3. The van der Waals surface area contributed by atoms with Gasteiger partial charge in [0.05, 0.1) is 0 Å². The molecule has 4 heteroatoms. The van der Waals surface area contributed by atoms with Gasteiger partial charge in [0.2, 0.25) is 0 Å². The van der Waals surface area contributed by atoms with Gasteiger partial charge in [-0.25, -0.2) is 0 Å². The average Bonchev–Trinajstić information content (AvgIpc) is 2.53. The molecule has 2 heterocycles. The van der Waals surface area contributed by atoms with Crippen LogP contribution in [0, 0.1) is 0 Å². The van der Waals surface area contributed by atoms with Crippen molar-refractivity contribution in [1.82, 2.24) is 10.3 Å². The summed E-state index contributed by atoms with van der Waals surface area (Å²) < 4.78 is 11.2. The Hall–Kier alpha value is -2.07. The number of fused-ring (bicyclic) bond motifs is 1. The Kier molecular flexibility index (Phi) is 3.83. The van der Waals surface area contributed by atoms with E-state index in [1.165, 1.54) is 11.1 Å². The summed E-state index contributed by atoms with van der Waals surface area (Å²) in [7, 11) is 1.97. The van der Waals surface area contributed by atoms with Crippen molar-refractivity contribution in [3.63, 3.8) is 0 Å². The zero-order chi connectivity index (χ0) is 13.8. The number of hydrogen-bond acceptors (Lipinski definition) is 4. The average molecular weight is 270 g/mol. The molecular weight excluding hydrogens is 252 g/mol. The summed E-state index contributed by atoms with van der Waals surface area (Å²) >= 11 is 0.